The van der Waals surface area contributed by atoms with E-state index in [1.54, 1.807) is 0 Å². The maximum atomic E-state index is 9.30. The van der Waals surface area contributed by atoms with Gasteiger partial charge in [0.05, 0.1) is 18.3 Å². The number of nitrogens with zero attached hydrogens (tertiary/aromatic N) is 1. The van der Waals surface area contributed by atoms with Gasteiger partial charge in [-0.3, -0.25) is 0 Å². The normalized spacial score (nSPS) is 22.1. The van der Waals surface area contributed by atoms with Gasteiger partial charge in [-0.2, -0.15) is 0 Å². The lowest BCUT2D eigenvalue weighted by atomic mass is 10.1. The largest absolute Gasteiger partial charge is 0.394 e. The summed E-state index contributed by atoms with van der Waals surface area (Å²) >= 11 is 5.44. The predicted molar refractivity (Wildman–Crippen MR) is 80.3 cm³/mol. The minimum absolute atomic E-state index is 0.00782. The Morgan fingerprint density at radius 2 is 2.16 bits per heavy atom. The number of aliphatic hydroxyl groups excluding tert-OH is 1. The standard InChI is InChI=1S/C14H20N2O2S/c1-14(2)10-16(8-12(9-17)18-14)13(19)15-11-6-4-3-5-7-11/h3-7,12,17H,8-10H2,1-2H3,(H,15,19). The lowest BCUT2D eigenvalue weighted by Crippen LogP contribution is -2.56. The number of aliphatic hydroxyl groups is 1. The predicted octanol–water partition coefficient (Wildman–Crippen LogP) is 1.86. The van der Waals surface area contributed by atoms with Crippen LogP contribution in [0.25, 0.3) is 0 Å². The zero-order chi connectivity index (χ0) is 13.9. The summed E-state index contributed by atoms with van der Waals surface area (Å²) in [4.78, 5) is 2.05. The fourth-order valence-corrected chi connectivity index (χ4v) is 2.53. The van der Waals surface area contributed by atoms with E-state index < -0.39 is 0 Å². The molecule has 0 aliphatic carbocycles. The van der Waals surface area contributed by atoms with E-state index in [2.05, 4.69) is 5.32 Å². The minimum atomic E-state index is -0.311. The van der Waals surface area contributed by atoms with E-state index >= 15 is 0 Å². The molecular formula is C14H20N2O2S. The molecule has 5 heteroatoms. The molecule has 1 aromatic carbocycles. The van der Waals surface area contributed by atoms with Crippen LogP contribution < -0.4 is 5.32 Å². The van der Waals surface area contributed by atoms with Crippen molar-refractivity contribution in [3.8, 4) is 0 Å². The Balaban J connectivity index is 2.02. The van der Waals surface area contributed by atoms with Crippen molar-refractivity contribution in [2.75, 3.05) is 25.0 Å². The quantitative estimate of drug-likeness (QED) is 0.810. The van der Waals surface area contributed by atoms with E-state index in [0.717, 1.165) is 5.69 Å². The van der Waals surface area contributed by atoms with Crippen molar-refractivity contribution in [3.63, 3.8) is 0 Å². The summed E-state index contributed by atoms with van der Waals surface area (Å²) in [7, 11) is 0. The maximum absolute atomic E-state index is 9.30. The molecule has 1 saturated heterocycles. The zero-order valence-electron chi connectivity index (χ0n) is 11.3. The van der Waals surface area contributed by atoms with E-state index in [4.69, 9.17) is 17.0 Å². The summed E-state index contributed by atoms with van der Waals surface area (Å²) in [5, 5.41) is 13.2. The number of hydrogen-bond acceptors (Lipinski definition) is 3. The maximum Gasteiger partial charge on any atom is 0.173 e. The first kappa shape index (κ1) is 14.2. The Bertz CT molecular complexity index is 436. The summed E-state index contributed by atoms with van der Waals surface area (Å²) in [5.74, 6) is 0. The molecule has 2 N–H and O–H groups in total. The molecule has 104 valence electrons. The smallest absolute Gasteiger partial charge is 0.173 e. The molecule has 0 radical (unpaired) electrons. The second kappa shape index (κ2) is 5.86. The lowest BCUT2D eigenvalue weighted by molar-refractivity contribution is -0.134. The van der Waals surface area contributed by atoms with E-state index in [-0.39, 0.29) is 18.3 Å². The molecule has 2 rings (SSSR count). The highest BCUT2D eigenvalue weighted by Gasteiger charge is 2.34. The number of rotatable bonds is 2. The van der Waals surface area contributed by atoms with Crippen molar-refractivity contribution in [2.45, 2.75) is 25.6 Å². The van der Waals surface area contributed by atoms with Crippen LogP contribution in [-0.4, -0.2) is 46.5 Å². The second-order valence-corrected chi connectivity index (χ2v) is 5.75. The molecule has 0 saturated carbocycles. The third kappa shape index (κ3) is 3.89. The Kier molecular flexibility index (Phi) is 4.39. The molecule has 0 spiro atoms. The van der Waals surface area contributed by atoms with Crippen LogP contribution in [0, 0.1) is 0 Å². The van der Waals surface area contributed by atoms with Crippen molar-refractivity contribution in [1.82, 2.24) is 4.90 Å². The van der Waals surface area contributed by atoms with Gasteiger partial charge in [-0.05, 0) is 38.2 Å². The number of benzene rings is 1. The summed E-state index contributed by atoms with van der Waals surface area (Å²) in [6.07, 6.45) is -0.195. The van der Waals surface area contributed by atoms with Gasteiger partial charge in [0.1, 0.15) is 0 Å². The Labute approximate surface area is 119 Å². The minimum Gasteiger partial charge on any atom is -0.394 e. The highest BCUT2D eigenvalue weighted by molar-refractivity contribution is 7.80. The average molecular weight is 280 g/mol. The molecule has 0 bridgehead atoms. The first-order chi connectivity index (χ1) is 9.00. The Morgan fingerprint density at radius 1 is 1.47 bits per heavy atom. The van der Waals surface area contributed by atoms with Crippen LogP contribution in [0.4, 0.5) is 5.69 Å². The monoisotopic (exact) mass is 280 g/mol. The van der Waals surface area contributed by atoms with Gasteiger partial charge in [0, 0.05) is 18.8 Å². The molecular weight excluding hydrogens is 260 g/mol. The van der Waals surface area contributed by atoms with Crippen molar-refractivity contribution < 1.29 is 9.84 Å². The summed E-state index contributed by atoms with van der Waals surface area (Å²) in [6, 6.07) is 9.84. The molecule has 1 atom stereocenters. The molecule has 1 aliphatic heterocycles. The van der Waals surface area contributed by atoms with Gasteiger partial charge in [-0.15, -0.1) is 0 Å². The van der Waals surface area contributed by atoms with Gasteiger partial charge in [0.2, 0.25) is 0 Å². The molecule has 0 aromatic heterocycles. The highest BCUT2D eigenvalue weighted by Crippen LogP contribution is 2.21. The van der Waals surface area contributed by atoms with Gasteiger partial charge >= 0.3 is 0 Å². The fourth-order valence-electron chi connectivity index (χ4n) is 2.27. The molecule has 0 amide bonds. The molecule has 4 nitrogen and oxygen atoms in total. The van der Waals surface area contributed by atoms with Crippen LogP contribution in [-0.2, 0) is 4.74 Å². The van der Waals surface area contributed by atoms with Gasteiger partial charge in [-0.1, -0.05) is 18.2 Å². The van der Waals surface area contributed by atoms with Gasteiger partial charge in [0.25, 0.3) is 0 Å². The number of anilines is 1. The molecule has 1 fully saturated rings. The van der Waals surface area contributed by atoms with Gasteiger partial charge in [-0.25, -0.2) is 0 Å². The first-order valence-corrected chi connectivity index (χ1v) is 6.81. The topological polar surface area (TPSA) is 44.7 Å². The van der Waals surface area contributed by atoms with Crippen LogP contribution >= 0.6 is 12.2 Å². The summed E-state index contributed by atoms with van der Waals surface area (Å²) in [6.45, 7) is 5.34. The third-order valence-electron chi connectivity index (χ3n) is 3.00. The van der Waals surface area contributed by atoms with Crippen molar-refractivity contribution in [1.29, 1.82) is 0 Å². The summed E-state index contributed by atoms with van der Waals surface area (Å²) in [5.41, 5.74) is 0.658. The molecule has 1 unspecified atom stereocenters. The number of morpholine rings is 1. The highest BCUT2D eigenvalue weighted by atomic mass is 32.1. The van der Waals surface area contributed by atoms with E-state index in [1.807, 2.05) is 49.1 Å². The molecule has 1 heterocycles. The lowest BCUT2D eigenvalue weighted by Gasteiger charge is -2.43. The number of thiocarbonyl (C=S) groups is 1. The number of nitrogens with one attached hydrogen (secondary N) is 1. The van der Waals surface area contributed by atoms with Gasteiger partial charge in [0.15, 0.2) is 5.11 Å². The first-order valence-electron chi connectivity index (χ1n) is 6.40. The van der Waals surface area contributed by atoms with Crippen molar-refractivity contribution in [2.24, 2.45) is 0 Å². The summed E-state index contributed by atoms with van der Waals surface area (Å²) < 4.78 is 5.77. The van der Waals surface area contributed by atoms with Crippen molar-refractivity contribution >= 4 is 23.0 Å². The van der Waals surface area contributed by atoms with E-state index in [1.165, 1.54) is 0 Å². The van der Waals surface area contributed by atoms with E-state index in [0.29, 0.717) is 18.2 Å². The van der Waals surface area contributed by atoms with Crippen LogP contribution in [0.15, 0.2) is 30.3 Å². The van der Waals surface area contributed by atoms with Crippen LogP contribution in [0.2, 0.25) is 0 Å². The third-order valence-corrected chi connectivity index (χ3v) is 3.36. The number of hydrogen-bond donors (Lipinski definition) is 2. The van der Waals surface area contributed by atoms with Gasteiger partial charge < -0.3 is 20.1 Å². The number of ether oxygens (including phenoxy) is 1. The SMILES string of the molecule is CC1(C)CN(C(=S)Nc2ccccc2)CC(CO)O1. The fraction of sp³-hybridized carbons (Fsp3) is 0.500. The van der Waals surface area contributed by atoms with E-state index in [9.17, 15) is 5.11 Å². The Morgan fingerprint density at radius 3 is 2.79 bits per heavy atom. The van der Waals surface area contributed by atoms with Crippen LogP contribution in [0.3, 0.4) is 0 Å². The van der Waals surface area contributed by atoms with Crippen LogP contribution in [0.5, 0.6) is 0 Å². The Hall–Kier alpha value is -1.17. The van der Waals surface area contributed by atoms with Crippen LogP contribution in [0.1, 0.15) is 13.8 Å². The second-order valence-electron chi connectivity index (χ2n) is 5.36. The molecule has 19 heavy (non-hydrogen) atoms. The number of para-hydroxylation sites is 1. The molecule has 1 aliphatic rings. The molecule has 1 aromatic rings. The average Bonchev–Trinajstić information content (AvgIpc) is 2.38. The van der Waals surface area contributed by atoms with Crippen molar-refractivity contribution in [3.05, 3.63) is 30.3 Å². The zero-order valence-corrected chi connectivity index (χ0v) is 12.1.